The van der Waals surface area contributed by atoms with Crippen molar-refractivity contribution in [2.24, 2.45) is 5.73 Å². The summed E-state index contributed by atoms with van der Waals surface area (Å²) in [6, 6.07) is 5.19. The molecule has 2 N–H and O–H groups in total. The van der Waals surface area contributed by atoms with Gasteiger partial charge in [-0.3, -0.25) is 0 Å². The van der Waals surface area contributed by atoms with Crippen LogP contribution in [0.1, 0.15) is 19.7 Å². The van der Waals surface area contributed by atoms with Gasteiger partial charge >= 0.3 is 0 Å². The minimum Gasteiger partial charge on any atom is -0.339 e. The van der Waals surface area contributed by atoms with Gasteiger partial charge in [-0.25, -0.2) is 0 Å². The van der Waals surface area contributed by atoms with E-state index in [9.17, 15) is 0 Å². The summed E-state index contributed by atoms with van der Waals surface area (Å²) in [6.45, 7) is 3.80. The zero-order chi connectivity index (χ0) is 13.3. The molecule has 0 amide bonds. The number of nitrogens with zero attached hydrogens (tertiary/aromatic N) is 2. The van der Waals surface area contributed by atoms with Crippen molar-refractivity contribution in [1.82, 2.24) is 10.1 Å². The van der Waals surface area contributed by atoms with E-state index < -0.39 is 0 Å². The summed E-state index contributed by atoms with van der Waals surface area (Å²) in [7, 11) is 0. The van der Waals surface area contributed by atoms with Crippen LogP contribution in [-0.4, -0.2) is 15.7 Å². The van der Waals surface area contributed by atoms with E-state index in [0.29, 0.717) is 28.2 Å². The van der Waals surface area contributed by atoms with Gasteiger partial charge in [-0.15, -0.1) is 0 Å². The number of aromatic nitrogens is 2. The lowest BCUT2D eigenvalue weighted by molar-refractivity contribution is 0.348. The number of benzene rings is 1. The Morgan fingerprint density at radius 2 is 2.00 bits per heavy atom. The molecule has 0 saturated heterocycles. The molecule has 0 bridgehead atoms. The SMILES string of the molecule is CC(C)(N)Cc1nc(-c2ccc(Cl)c(Cl)c2)no1. The van der Waals surface area contributed by atoms with Gasteiger partial charge in [-0.05, 0) is 32.0 Å². The topological polar surface area (TPSA) is 64.9 Å². The minimum atomic E-state index is -0.387. The van der Waals surface area contributed by atoms with Crippen LogP contribution in [0.15, 0.2) is 22.7 Å². The van der Waals surface area contributed by atoms with Crippen LogP contribution in [0.25, 0.3) is 11.4 Å². The van der Waals surface area contributed by atoms with E-state index in [-0.39, 0.29) is 5.54 Å². The Morgan fingerprint density at radius 3 is 2.61 bits per heavy atom. The lowest BCUT2D eigenvalue weighted by Gasteiger charge is -2.14. The van der Waals surface area contributed by atoms with E-state index in [2.05, 4.69) is 10.1 Å². The molecule has 0 unspecified atom stereocenters. The van der Waals surface area contributed by atoms with Crippen molar-refractivity contribution in [3.63, 3.8) is 0 Å². The first-order valence-corrected chi connectivity index (χ1v) is 6.18. The molecule has 0 radical (unpaired) electrons. The third-order valence-corrected chi connectivity index (χ3v) is 2.99. The van der Waals surface area contributed by atoms with Gasteiger partial charge in [0.05, 0.1) is 10.0 Å². The quantitative estimate of drug-likeness (QED) is 0.940. The molecule has 0 aliphatic carbocycles. The third kappa shape index (κ3) is 3.22. The average molecular weight is 286 g/mol. The van der Waals surface area contributed by atoms with Crippen molar-refractivity contribution in [2.75, 3.05) is 0 Å². The molecule has 2 aromatic rings. The predicted octanol–water partition coefficient (Wildman–Crippen LogP) is 3.32. The molecule has 6 heteroatoms. The van der Waals surface area contributed by atoms with E-state index in [1.54, 1.807) is 18.2 Å². The summed E-state index contributed by atoms with van der Waals surface area (Å²) >= 11 is 11.8. The molecule has 1 heterocycles. The van der Waals surface area contributed by atoms with Crippen molar-refractivity contribution in [2.45, 2.75) is 25.8 Å². The summed E-state index contributed by atoms with van der Waals surface area (Å²) in [5.74, 6) is 0.983. The summed E-state index contributed by atoms with van der Waals surface area (Å²) in [5, 5.41) is 4.85. The average Bonchev–Trinajstić information content (AvgIpc) is 2.68. The van der Waals surface area contributed by atoms with Crippen molar-refractivity contribution in [3.05, 3.63) is 34.1 Å². The molecule has 0 aliphatic rings. The fraction of sp³-hybridized carbons (Fsp3) is 0.333. The monoisotopic (exact) mass is 285 g/mol. The van der Waals surface area contributed by atoms with E-state index in [1.807, 2.05) is 13.8 Å². The van der Waals surface area contributed by atoms with Gasteiger partial charge < -0.3 is 10.3 Å². The van der Waals surface area contributed by atoms with Crippen molar-refractivity contribution in [3.8, 4) is 11.4 Å². The smallest absolute Gasteiger partial charge is 0.228 e. The van der Waals surface area contributed by atoms with E-state index in [1.165, 1.54) is 0 Å². The number of halogens is 2. The maximum absolute atomic E-state index is 5.94. The lowest BCUT2D eigenvalue weighted by Crippen LogP contribution is -2.34. The largest absolute Gasteiger partial charge is 0.339 e. The first-order valence-electron chi connectivity index (χ1n) is 5.42. The summed E-state index contributed by atoms with van der Waals surface area (Å²) in [6.07, 6.45) is 0.515. The molecule has 4 nitrogen and oxygen atoms in total. The van der Waals surface area contributed by atoms with Gasteiger partial charge in [-0.2, -0.15) is 4.98 Å². The normalized spacial score (nSPS) is 11.8. The van der Waals surface area contributed by atoms with Crippen LogP contribution >= 0.6 is 23.2 Å². The van der Waals surface area contributed by atoms with E-state index >= 15 is 0 Å². The van der Waals surface area contributed by atoms with Crippen molar-refractivity contribution in [1.29, 1.82) is 0 Å². The highest BCUT2D eigenvalue weighted by Gasteiger charge is 2.17. The van der Waals surface area contributed by atoms with E-state index in [4.69, 9.17) is 33.5 Å². The third-order valence-electron chi connectivity index (χ3n) is 2.25. The number of hydrogen-bond acceptors (Lipinski definition) is 4. The van der Waals surface area contributed by atoms with Crippen molar-refractivity contribution < 1.29 is 4.52 Å². The first-order chi connectivity index (χ1) is 8.35. The molecule has 0 fully saturated rings. The van der Waals surface area contributed by atoms with Crippen LogP contribution in [0.5, 0.6) is 0 Å². The molecule has 96 valence electrons. The van der Waals surface area contributed by atoms with Gasteiger partial charge in [0.25, 0.3) is 0 Å². The Labute approximate surface area is 115 Å². The molecule has 0 aliphatic heterocycles. The van der Waals surface area contributed by atoms with Crippen molar-refractivity contribution >= 4 is 23.2 Å². The number of rotatable bonds is 3. The fourth-order valence-electron chi connectivity index (χ4n) is 1.47. The van der Waals surface area contributed by atoms with E-state index in [0.717, 1.165) is 5.56 Å². The maximum Gasteiger partial charge on any atom is 0.228 e. The van der Waals surface area contributed by atoms with Gasteiger partial charge in [0.15, 0.2) is 0 Å². The molecule has 1 aromatic carbocycles. The molecular formula is C12H13Cl2N3O. The van der Waals surface area contributed by atoms with Gasteiger partial charge in [0.1, 0.15) is 0 Å². The molecule has 0 spiro atoms. The maximum atomic E-state index is 5.94. The fourth-order valence-corrected chi connectivity index (χ4v) is 1.77. The molecule has 1 aromatic heterocycles. The second kappa shape index (κ2) is 4.88. The van der Waals surface area contributed by atoms with Crippen LogP contribution in [0, 0.1) is 0 Å². The number of nitrogens with two attached hydrogens (primary N) is 1. The Bertz CT molecular complexity index is 561. The predicted molar refractivity (Wildman–Crippen MR) is 71.7 cm³/mol. The second-order valence-corrected chi connectivity index (χ2v) is 5.62. The minimum absolute atomic E-state index is 0.387. The summed E-state index contributed by atoms with van der Waals surface area (Å²) in [4.78, 5) is 4.28. The highest BCUT2D eigenvalue weighted by molar-refractivity contribution is 6.42. The number of hydrogen-bond donors (Lipinski definition) is 1. The Morgan fingerprint density at radius 1 is 1.28 bits per heavy atom. The van der Waals surface area contributed by atoms with Gasteiger partial charge in [0.2, 0.25) is 11.7 Å². The molecule has 0 saturated carbocycles. The Kier molecular flexibility index (Phi) is 3.61. The molecule has 18 heavy (non-hydrogen) atoms. The highest BCUT2D eigenvalue weighted by Crippen LogP contribution is 2.27. The molecule has 2 rings (SSSR count). The van der Waals surface area contributed by atoms with Gasteiger partial charge in [-0.1, -0.05) is 28.4 Å². The highest BCUT2D eigenvalue weighted by atomic mass is 35.5. The zero-order valence-electron chi connectivity index (χ0n) is 10.1. The van der Waals surface area contributed by atoms with Crippen LogP contribution in [0.2, 0.25) is 10.0 Å². The molecule has 0 atom stereocenters. The second-order valence-electron chi connectivity index (χ2n) is 4.81. The lowest BCUT2D eigenvalue weighted by atomic mass is 10.0. The zero-order valence-corrected chi connectivity index (χ0v) is 11.6. The molecular weight excluding hydrogens is 273 g/mol. The first kappa shape index (κ1) is 13.3. The van der Waals surface area contributed by atoms with Crippen LogP contribution < -0.4 is 5.73 Å². The van der Waals surface area contributed by atoms with Gasteiger partial charge in [0, 0.05) is 17.5 Å². The summed E-state index contributed by atoms with van der Waals surface area (Å²) < 4.78 is 5.15. The Hall–Kier alpha value is -1.10. The van der Waals surface area contributed by atoms with Crippen LogP contribution in [0.4, 0.5) is 0 Å². The van der Waals surface area contributed by atoms with Crippen LogP contribution in [-0.2, 0) is 6.42 Å². The Balaban J connectivity index is 2.26. The van der Waals surface area contributed by atoms with Crippen LogP contribution in [0.3, 0.4) is 0 Å². The summed E-state index contributed by atoms with van der Waals surface area (Å²) in [5.41, 5.74) is 6.26. The standard InChI is InChI=1S/C12H13Cl2N3O/c1-12(2,15)6-10-16-11(17-18-10)7-3-4-8(13)9(14)5-7/h3-5H,6,15H2,1-2H3.